The number of sulfonamides is 1. The molecule has 47 heavy (non-hydrogen) atoms. The maximum atomic E-state index is 14.8. The minimum atomic E-state index is -3.67. The van der Waals surface area contributed by atoms with Crippen molar-refractivity contribution in [2.75, 3.05) is 58.3 Å². The van der Waals surface area contributed by atoms with Gasteiger partial charge in [0.25, 0.3) is 0 Å². The average molecular weight is 677 g/mol. The van der Waals surface area contributed by atoms with Gasteiger partial charge in [-0.3, -0.25) is 4.79 Å². The van der Waals surface area contributed by atoms with Crippen molar-refractivity contribution in [2.45, 2.75) is 30.2 Å². The Morgan fingerprint density at radius 2 is 1.70 bits per heavy atom. The molecule has 3 amide bonds. The summed E-state index contributed by atoms with van der Waals surface area (Å²) in [5, 5.41) is 4.70. The molecule has 2 N–H and O–H groups in total. The van der Waals surface area contributed by atoms with Crippen molar-refractivity contribution in [3.63, 3.8) is 0 Å². The number of benzene rings is 3. The summed E-state index contributed by atoms with van der Waals surface area (Å²) in [6.45, 7) is 4.00. The third-order valence-corrected chi connectivity index (χ3v) is 11.4. The summed E-state index contributed by atoms with van der Waals surface area (Å²) in [4.78, 5) is 37.7. The molecule has 6 rings (SSSR count). The third-order valence-electron chi connectivity index (χ3n) is 9.23. The zero-order valence-corrected chi connectivity index (χ0v) is 28.5. The number of nitrogens with zero attached hydrogens (tertiary/aromatic N) is 4. The van der Waals surface area contributed by atoms with E-state index in [-0.39, 0.29) is 48.8 Å². The molecule has 0 spiro atoms. The number of anilines is 1. The number of amides is 3. The largest absolute Gasteiger partial charge is 0.361 e. The lowest BCUT2D eigenvalue weighted by Gasteiger charge is -2.39. The van der Waals surface area contributed by atoms with Crippen LogP contribution in [0.25, 0.3) is 10.9 Å². The van der Waals surface area contributed by atoms with Gasteiger partial charge < -0.3 is 25.0 Å². The maximum Gasteiger partial charge on any atom is 0.318 e. The van der Waals surface area contributed by atoms with E-state index in [1.807, 2.05) is 68.5 Å². The van der Waals surface area contributed by atoms with Gasteiger partial charge in [0.2, 0.25) is 15.9 Å². The highest BCUT2D eigenvalue weighted by Crippen LogP contribution is 2.35. The summed E-state index contributed by atoms with van der Waals surface area (Å²) >= 11 is 6.40. The Morgan fingerprint density at radius 1 is 1.00 bits per heavy atom. The quantitative estimate of drug-likeness (QED) is 0.279. The second-order valence-corrected chi connectivity index (χ2v) is 15.1. The number of hydrogen-bond acceptors (Lipinski definition) is 5. The fourth-order valence-electron chi connectivity index (χ4n) is 6.88. The monoisotopic (exact) mass is 676 g/mol. The van der Waals surface area contributed by atoms with Gasteiger partial charge in [0.15, 0.2) is 0 Å². The molecule has 1 saturated heterocycles. The van der Waals surface area contributed by atoms with E-state index in [1.54, 1.807) is 41.3 Å². The Morgan fingerprint density at radius 3 is 2.43 bits per heavy atom. The number of halogens is 1. The number of piperazine rings is 1. The molecule has 0 unspecified atom stereocenters. The first-order chi connectivity index (χ1) is 22.5. The van der Waals surface area contributed by atoms with Crippen LogP contribution in [0.2, 0.25) is 5.02 Å². The van der Waals surface area contributed by atoms with Gasteiger partial charge in [-0.05, 0) is 74.0 Å². The number of urea groups is 1. The molecular weight excluding hydrogens is 636 g/mol. The van der Waals surface area contributed by atoms with Gasteiger partial charge in [-0.25, -0.2) is 13.2 Å². The number of nitrogens with one attached hydrogen (secondary N) is 2. The predicted octanol–water partition coefficient (Wildman–Crippen LogP) is 4.78. The van der Waals surface area contributed by atoms with Gasteiger partial charge in [-0.2, -0.15) is 4.31 Å². The smallest absolute Gasteiger partial charge is 0.318 e. The number of carbonyl (C=O) groups is 2. The number of aromatic amines is 1. The van der Waals surface area contributed by atoms with E-state index in [4.69, 9.17) is 11.6 Å². The molecule has 0 bridgehead atoms. The molecule has 0 saturated carbocycles. The van der Waals surface area contributed by atoms with Crippen molar-refractivity contribution in [1.29, 1.82) is 0 Å². The minimum absolute atomic E-state index is 0.160. The van der Waals surface area contributed by atoms with Crippen LogP contribution in [0.4, 0.5) is 10.5 Å². The Kier molecular flexibility index (Phi) is 9.61. The van der Waals surface area contributed by atoms with Crippen molar-refractivity contribution in [3.8, 4) is 0 Å². The summed E-state index contributed by atoms with van der Waals surface area (Å²) in [6, 6.07) is 20.6. The first-order valence-electron chi connectivity index (χ1n) is 15.9. The van der Waals surface area contributed by atoms with E-state index in [0.29, 0.717) is 11.6 Å². The van der Waals surface area contributed by atoms with E-state index >= 15 is 0 Å². The van der Waals surface area contributed by atoms with Crippen molar-refractivity contribution in [1.82, 2.24) is 24.4 Å². The number of aromatic nitrogens is 1. The van der Waals surface area contributed by atoms with E-state index in [1.165, 1.54) is 4.31 Å². The topological polar surface area (TPSA) is 109 Å². The SMILES string of the molecule is C[C@@H](c1c[nH]c2ccccc12)[C@@H](NC(=O)N1CCN(S(=O)(=O)c2ccccc2)CC1)C(=O)N1C[C@@H](CN(C)C)Cc2cc(Cl)ccc21. The van der Waals surface area contributed by atoms with E-state index in [0.717, 1.165) is 40.7 Å². The molecule has 1 fully saturated rings. The number of H-pyrrole nitrogens is 1. The van der Waals surface area contributed by atoms with E-state index in [9.17, 15) is 18.0 Å². The Balaban J connectivity index is 1.27. The third kappa shape index (κ3) is 6.89. The zero-order chi connectivity index (χ0) is 33.3. The van der Waals surface area contributed by atoms with Crippen molar-refractivity contribution < 1.29 is 18.0 Å². The lowest BCUT2D eigenvalue weighted by molar-refractivity contribution is -0.121. The molecule has 0 radical (unpaired) electrons. The molecular formula is C35H41ClN6O4S. The van der Waals surface area contributed by atoms with Gasteiger partial charge in [0.1, 0.15) is 6.04 Å². The van der Waals surface area contributed by atoms with Crippen LogP contribution >= 0.6 is 11.6 Å². The van der Waals surface area contributed by atoms with Crippen LogP contribution in [-0.4, -0.2) is 98.9 Å². The van der Waals surface area contributed by atoms with Crippen molar-refractivity contribution in [2.24, 2.45) is 5.92 Å². The molecule has 3 atom stereocenters. The zero-order valence-electron chi connectivity index (χ0n) is 26.9. The fourth-order valence-corrected chi connectivity index (χ4v) is 8.51. The van der Waals surface area contributed by atoms with Gasteiger partial charge in [-0.1, -0.05) is 54.9 Å². The molecule has 0 aliphatic carbocycles. The fraction of sp³-hybridized carbons (Fsp3) is 0.371. The standard InChI is InChI=1S/C35H41ClN6O4S/c1-24(30-21-37-31-12-8-7-11-29(30)31)33(34(43)42-23-25(22-39(2)3)19-26-20-27(36)13-14-32(26)42)38-35(44)40-15-17-41(18-16-40)47(45,46)28-9-5-4-6-10-28/h4-14,20-21,24-25,33,37H,15-19,22-23H2,1-3H3,(H,38,44)/t24-,25+,33+/m0/s1. The predicted molar refractivity (Wildman–Crippen MR) is 185 cm³/mol. The highest BCUT2D eigenvalue weighted by molar-refractivity contribution is 7.89. The maximum absolute atomic E-state index is 14.8. The lowest BCUT2D eigenvalue weighted by Crippen LogP contribution is -2.59. The van der Waals surface area contributed by atoms with E-state index in [2.05, 4.69) is 15.2 Å². The summed E-state index contributed by atoms with van der Waals surface area (Å²) in [6.07, 6.45) is 2.71. The Hall–Kier alpha value is -3.90. The first-order valence-corrected chi connectivity index (χ1v) is 17.8. The number of carbonyl (C=O) groups excluding carboxylic acids is 2. The summed E-state index contributed by atoms with van der Waals surface area (Å²) in [5.74, 6) is -0.403. The van der Waals surface area contributed by atoms with Gasteiger partial charge in [-0.15, -0.1) is 0 Å². The van der Waals surface area contributed by atoms with Crippen LogP contribution in [0.1, 0.15) is 24.0 Å². The van der Waals surface area contributed by atoms with Crippen LogP contribution in [-0.2, 0) is 21.2 Å². The summed E-state index contributed by atoms with van der Waals surface area (Å²) in [5.41, 5.74) is 3.69. The average Bonchev–Trinajstić information content (AvgIpc) is 3.50. The van der Waals surface area contributed by atoms with Crippen LogP contribution in [0, 0.1) is 5.92 Å². The van der Waals surface area contributed by atoms with Gasteiger partial charge in [0.05, 0.1) is 4.90 Å². The highest BCUT2D eigenvalue weighted by atomic mass is 35.5. The highest BCUT2D eigenvalue weighted by Gasteiger charge is 2.39. The first kappa shape index (κ1) is 33.0. The van der Waals surface area contributed by atoms with Crippen molar-refractivity contribution in [3.05, 3.63) is 95.1 Å². The molecule has 3 heterocycles. The minimum Gasteiger partial charge on any atom is -0.361 e. The summed E-state index contributed by atoms with van der Waals surface area (Å²) < 4.78 is 27.8. The van der Waals surface area contributed by atoms with Crippen LogP contribution in [0.3, 0.4) is 0 Å². The second-order valence-electron chi connectivity index (χ2n) is 12.8. The molecule has 3 aromatic carbocycles. The second kappa shape index (κ2) is 13.7. The molecule has 1 aromatic heterocycles. The Bertz CT molecular complexity index is 1860. The molecule has 2 aliphatic heterocycles. The molecule has 12 heteroatoms. The van der Waals surface area contributed by atoms with E-state index < -0.39 is 22.1 Å². The number of hydrogen-bond donors (Lipinski definition) is 2. The normalized spacial score (nSPS) is 18.6. The van der Waals surface area contributed by atoms with Crippen LogP contribution in [0.5, 0.6) is 0 Å². The number of rotatable bonds is 8. The molecule has 10 nitrogen and oxygen atoms in total. The Labute approximate surface area is 281 Å². The summed E-state index contributed by atoms with van der Waals surface area (Å²) in [7, 11) is 0.367. The lowest BCUT2D eigenvalue weighted by atomic mass is 9.88. The van der Waals surface area contributed by atoms with Crippen molar-refractivity contribution >= 4 is 50.2 Å². The van der Waals surface area contributed by atoms with Gasteiger partial charge >= 0.3 is 6.03 Å². The van der Waals surface area contributed by atoms with Crippen LogP contribution in [0.15, 0.2) is 83.9 Å². The number of para-hydroxylation sites is 1. The molecule has 2 aliphatic rings. The number of fused-ring (bicyclic) bond motifs is 2. The molecule has 248 valence electrons. The van der Waals surface area contributed by atoms with Crippen LogP contribution < -0.4 is 10.2 Å². The molecule has 4 aromatic rings. The van der Waals surface area contributed by atoms with Gasteiger partial charge in [0, 0.05) is 73.0 Å².